The second-order valence-corrected chi connectivity index (χ2v) is 8.04. The van der Waals surface area contributed by atoms with Crippen LogP contribution in [0.5, 0.6) is 5.75 Å². The van der Waals surface area contributed by atoms with Crippen LogP contribution in [-0.4, -0.2) is 37.8 Å². The number of carbonyl (C=O) groups excluding carboxylic acids is 2. The Morgan fingerprint density at radius 2 is 1.82 bits per heavy atom. The molecule has 1 atom stereocenters. The number of esters is 1. The van der Waals surface area contributed by atoms with Crippen molar-refractivity contribution < 1.29 is 23.8 Å². The molecule has 1 N–H and O–H groups in total. The fourth-order valence-electron chi connectivity index (χ4n) is 2.85. The molecule has 6 heteroatoms. The fraction of sp³-hybridized carbons (Fsp3) is 0.636. The lowest BCUT2D eigenvalue weighted by Crippen LogP contribution is -2.44. The summed E-state index contributed by atoms with van der Waals surface area (Å²) in [4.78, 5) is 25.1. The Kier molecular flexibility index (Phi) is 9.46. The van der Waals surface area contributed by atoms with Gasteiger partial charge in [0.05, 0.1) is 13.7 Å². The first-order valence-corrected chi connectivity index (χ1v) is 9.93. The van der Waals surface area contributed by atoms with Gasteiger partial charge in [0, 0.05) is 12.3 Å². The molecule has 1 aromatic rings. The van der Waals surface area contributed by atoms with E-state index in [1.165, 1.54) is 7.11 Å². The van der Waals surface area contributed by atoms with E-state index in [4.69, 9.17) is 14.2 Å². The van der Waals surface area contributed by atoms with Crippen molar-refractivity contribution in [2.75, 3.05) is 25.6 Å². The minimum atomic E-state index is -0.942. The molecule has 6 nitrogen and oxygen atoms in total. The zero-order valence-corrected chi connectivity index (χ0v) is 18.3. The number of hydrogen-bond donors (Lipinski definition) is 1. The summed E-state index contributed by atoms with van der Waals surface area (Å²) in [5, 5.41) is 2.88. The van der Waals surface area contributed by atoms with Gasteiger partial charge in [0.25, 0.3) is 5.91 Å². The molecule has 0 aromatic heterocycles. The molecule has 0 heterocycles. The Morgan fingerprint density at radius 3 is 2.36 bits per heavy atom. The molecule has 1 amide bonds. The summed E-state index contributed by atoms with van der Waals surface area (Å²) in [5.41, 5.74) is -0.166. The molecule has 0 saturated heterocycles. The van der Waals surface area contributed by atoms with Crippen molar-refractivity contribution in [1.29, 1.82) is 0 Å². The van der Waals surface area contributed by atoms with E-state index in [9.17, 15) is 9.59 Å². The van der Waals surface area contributed by atoms with Crippen molar-refractivity contribution in [3.63, 3.8) is 0 Å². The van der Waals surface area contributed by atoms with Gasteiger partial charge in [-0.3, -0.25) is 4.79 Å². The maximum Gasteiger partial charge on any atom is 0.341 e. The molecule has 0 bridgehead atoms. The van der Waals surface area contributed by atoms with E-state index in [0.717, 1.165) is 6.42 Å². The molecular weight excluding hydrogens is 358 g/mol. The maximum absolute atomic E-state index is 12.9. The topological polar surface area (TPSA) is 73.9 Å². The van der Waals surface area contributed by atoms with Gasteiger partial charge >= 0.3 is 5.97 Å². The summed E-state index contributed by atoms with van der Waals surface area (Å²) in [6.07, 6.45) is 1.42. The van der Waals surface area contributed by atoms with Crippen LogP contribution in [0.15, 0.2) is 18.2 Å². The number of nitrogens with one attached hydrogen (secondary N) is 1. The van der Waals surface area contributed by atoms with Crippen molar-refractivity contribution >= 4 is 17.6 Å². The number of ether oxygens (including phenoxy) is 3. The van der Waals surface area contributed by atoms with Gasteiger partial charge in [0.2, 0.25) is 0 Å². The van der Waals surface area contributed by atoms with Crippen molar-refractivity contribution in [1.82, 2.24) is 0 Å². The quantitative estimate of drug-likeness (QED) is 0.553. The van der Waals surface area contributed by atoms with Crippen molar-refractivity contribution in [3.8, 4) is 5.75 Å². The predicted molar refractivity (Wildman–Crippen MR) is 111 cm³/mol. The fourth-order valence-corrected chi connectivity index (χ4v) is 2.85. The number of amides is 1. The first kappa shape index (κ1) is 24.0. The number of hydrogen-bond acceptors (Lipinski definition) is 5. The molecule has 0 saturated carbocycles. The number of anilines is 1. The van der Waals surface area contributed by atoms with Gasteiger partial charge in [0.15, 0.2) is 0 Å². The molecule has 0 spiro atoms. The lowest BCUT2D eigenvalue weighted by Gasteiger charge is -2.30. The minimum Gasteiger partial charge on any atom is -0.492 e. The van der Waals surface area contributed by atoms with Gasteiger partial charge < -0.3 is 19.5 Å². The standard InChI is InChI=1S/C22H35NO5/c1-8-11-28-22(6,13-15(2)3)21(25)23-17-9-10-19(27-14-16(4)5)18(12-17)20(24)26-7/h9-10,12,15-16H,8,11,13-14H2,1-7H3,(H,23,25). The lowest BCUT2D eigenvalue weighted by molar-refractivity contribution is -0.141. The normalized spacial score (nSPS) is 13.3. The summed E-state index contributed by atoms with van der Waals surface area (Å²) < 4.78 is 16.5. The Balaban J connectivity index is 3.08. The summed E-state index contributed by atoms with van der Waals surface area (Å²) in [5.74, 6) is 0.302. The van der Waals surface area contributed by atoms with Crippen molar-refractivity contribution in [3.05, 3.63) is 23.8 Å². The van der Waals surface area contributed by atoms with E-state index in [2.05, 4.69) is 19.2 Å². The monoisotopic (exact) mass is 393 g/mol. The van der Waals surface area contributed by atoms with Gasteiger partial charge in [-0.2, -0.15) is 0 Å². The Bertz CT molecular complexity index is 656. The predicted octanol–water partition coefficient (Wildman–Crippen LogP) is 4.68. The van der Waals surface area contributed by atoms with E-state index in [0.29, 0.717) is 42.9 Å². The third-order valence-electron chi connectivity index (χ3n) is 4.12. The maximum atomic E-state index is 12.9. The van der Waals surface area contributed by atoms with Crippen molar-refractivity contribution in [2.24, 2.45) is 11.8 Å². The number of benzene rings is 1. The van der Waals surface area contributed by atoms with Gasteiger partial charge in [0.1, 0.15) is 16.9 Å². The van der Waals surface area contributed by atoms with E-state index < -0.39 is 11.6 Å². The molecule has 1 aromatic carbocycles. The highest BCUT2D eigenvalue weighted by Crippen LogP contribution is 2.27. The van der Waals surface area contributed by atoms with Crippen molar-refractivity contribution in [2.45, 2.75) is 60.0 Å². The van der Waals surface area contributed by atoms with E-state index >= 15 is 0 Å². The Hall–Kier alpha value is -2.08. The average molecular weight is 394 g/mol. The third-order valence-corrected chi connectivity index (χ3v) is 4.12. The second-order valence-electron chi connectivity index (χ2n) is 8.04. The highest BCUT2D eigenvalue weighted by atomic mass is 16.5. The van der Waals surface area contributed by atoms with E-state index in [1.54, 1.807) is 25.1 Å². The summed E-state index contributed by atoms with van der Waals surface area (Å²) in [7, 11) is 1.32. The summed E-state index contributed by atoms with van der Waals surface area (Å²) in [6, 6.07) is 4.97. The molecule has 1 unspecified atom stereocenters. The average Bonchev–Trinajstić information content (AvgIpc) is 2.63. The van der Waals surface area contributed by atoms with Crippen LogP contribution in [0.4, 0.5) is 5.69 Å². The number of rotatable bonds is 11. The lowest BCUT2D eigenvalue weighted by atomic mass is 9.93. The number of carbonyl (C=O) groups is 2. The molecular formula is C22H35NO5. The van der Waals surface area contributed by atoms with E-state index in [1.807, 2.05) is 20.8 Å². The molecule has 28 heavy (non-hydrogen) atoms. The van der Waals surface area contributed by atoms with Crippen LogP contribution in [0.2, 0.25) is 0 Å². The largest absolute Gasteiger partial charge is 0.492 e. The van der Waals surface area contributed by atoms with E-state index in [-0.39, 0.29) is 11.5 Å². The van der Waals surface area contributed by atoms with Gasteiger partial charge in [-0.1, -0.05) is 34.6 Å². The van der Waals surface area contributed by atoms with Gasteiger partial charge in [-0.05, 0) is 49.8 Å². The highest BCUT2D eigenvalue weighted by Gasteiger charge is 2.35. The van der Waals surface area contributed by atoms with Gasteiger partial charge in [-0.25, -0.2) is 4.79 Å². The van der Waals surface area contributed by atoms with Crippen LogP contribution in [0.25, 0.3) is 0 Å². The molecule has 1 rings (SSSR count). The molecule has 0 fully saturated rings. The summed E-state index contributed by atoms with van der Waals surface area (Å²) >= 11 is 0. The zero-order chi connectivity index (χ0) is 21.3. The third kappa shape index (κ3) is 7.15. The van der Waals surface area contributed by atoms with Crippen LogP contribution in [0, 0.1) is 11.8 Å². The summed E-state index contributed by atoms with van der Waals surface area (Å²) in [6.45, 7) is 13.0. The Labute approximate surface area is 168 Å². The smallest absolute Gasteiger partial charge is 0.341 e. The van der Waals surface area contributed by atoms with Crippen LogP contribution in [0.3, 0.4) is 0 Å². The molecule has 0 aliphatic heterocycles. The van der Waals surface area contributed by atoms with Gasteiger partial charge in [-0.15, -0.1) is 0 Å². The SMILES string of the molecule is CCCOC(C)(CC(C)C)C(=O)Nc1ccc(OCC(C)C)c(C(=O)OC)c1. The molecule has 0 radical (unpaired) electrons. The minimum absolute atomic E-state index is 0.235. The van der Waals surface area contributed by atoms with Crippen LogP contribution >= 0.6 is 0 Å². The Morgan fingerprint density at radius 1 is 1.14 bits per heavy atom. The number of methoxy groups -OCH3 is 1. The highest BCUT2D eigenvalue weighted by molar-refractivity contribution is 5.99. The first-order chi connectivity index (χ1) is 13.1. The van der Waals surface area contributed by atoms with Crippen LogP contribution < -0.4 is 10.1 Å². The zero-order valence-electron chi connectivity index (χ0n) is 18.3. The second kappa shape index (κ2) is 11.1. The van der Waals surface area contributed by atoms with Crippen LogP contribution in [-0.2, 0) is 14.3 Å². The molecule has 0 aliphatic carbocycles. The van der Waals surface area contributed by atoms with Crippen LogP contribution in [0.1, 0.15) is 64.7 Å². The first-order valence-electron chi connectivity index (χ1n) is 9.93. The molecule has 0 aliphatic rings. The molecule has 158 valence electrons.